The van der Waals surface area contributed by atoms with Gasteiger partial charge in [-0.1, -0.05) is 82.9 Å². The molecule has 3 aromatic rings. The molecule has 0 heterocycles. The molecule has 7 heteroatoms. The normalized spacial score (nSPS) is 18.2. The van der Waals surface area contributed by atoms with Crippen molar-refractivity contribution in [3.63, 3.8) is 0 Å². The molecule has 2 atom stereocenters. The number of hydrogen-bond acceptors (Lipinski definition) is 7. The number of carbonyl (C=O) groups excluding carboxylic acids is 2. The number of rotatable bonds is 13. The van der Waals surface area contributed by atoms with Crippen molar-refractivity contribution in [2.75, 3.05) is 6.79 Å². The highest BCUT2D eigenvalue weighted by Gasteiger charge is 2.31. The summed E-state index contributed by atoms with van der Waals surface area (Å²) >= 11 is 0. The van der Waals surface area contributed by atoms with E-state index in [9.17, 15) is 9.59 Å². The zero-order valence-electron chi connectivity index (χ0n) is 40.2. The van der Waals surface area contributed by atoms with Crippen molar-refractivity contribution in [2.45, 2.75) is 220 Å². The standard InChI is InChI=1S/C55H78O7/c1-35(43-31-47(41-23-17-13-18-24-41)52(29-36(43)2)61-53(57)62-55(9,10)11)27-49(45-33-48(42-25-19-14-20-26-42)51(30-38(45)4)60-39(5)56)44-32-46(40-21-15-12-16-22-40)50(28-37(44)3)58-34-59-54(6,7)8/h28-33,35,40-42,49H,12-27,34H2,1-11H3. The highest BCUT2D eigenvalue weighted by Crippen LogP contribution is 2.48. The summed E-state index contributed by atoms with van der Waals surface area (Å²) in [5.74, 6) is 3.33. The molecule has 0 aliphatic heterocycles. The minimum absolute atomic E-state index is 0.0520. The zero-order chi connectivity index (χ0) is 44.8. The van der Waals surface area contributed by atoms with Crippen LogP contribution in [0.25, 0.3) is 0 Å². The van der Waals surface area contributed by atoms with E-state index in [0.29, 0.717) is 29.3 Å². The van der Waals surface area contributed by atoms with Crippen LogP contribution >= 0.6 is 0 Å². The second-order valence-electron chi connectivity index (χ2n) is 21.1. The number of ether oxygens (including phenoxy) is 5. The SMILES string of the molecule is CC(=O)Oc1cc(C)c(C(CC(C)c2cc(C3CCCCC3)c(OC(=O)OC(C)(C)C)cc2C)c2cc(C3CCCCC3)c(OCOC(C)(C)C)cc2C)cc1C1CCCCC1. The van der Waals surface area contributed by atoms with E-state index in [-0.39, 0.29) is 30.2 Å². The lowest BCUT2D eigenvalue weighted by Crippen LogP contribution is -2.26. The summed E-state index contributed by atoms with van der Waals surface area (Å²) in [6, 6.07) is 13.8. The number of esters is 1. The van der Waals surface area contributed by atoms with Gasteiger partial charge in [-0.15, -0.1) is 0 Å². The third-order valence-corrected chi connectivity index (χ3v) is 13.7. The van der Waals surface area contributed by atoms with Gasteiger partial charge < -0.3 is 23.7 Å². The Balaban J connectivity index is 1.49. The molecule has 6 rings (SSSR count). The van der Waals surface area contributed by atoms with Gasteiger partial charge in [-0.2, -0.15) is 0 Å². The molecule has 3 aliphatic rings. The molecule has 0 saturated heterocycles. The van der Waals surface area contributed by atoms with Crippen molar-refractivity contribution in [2.24, 2.45) is 0 Å². The maximum absolute atomic E-state index is 13.1. The minimum atomic E-state index is -0.655. The monoisotopic (exact) mass is 851 g/mol. The molecule has 340 valence electrons. The molecule has 2 unspecified atom stereocenters. The van der Waals surface area contributed by atoms with E-state index in [1.54, 1.807) is 0 Å². The first-order chi connectivity index (χ1) is 29.4. The molecule has 62 heavy (non-hydrogen) atoms. The predicted octanol–water partition coefficient (Wildman–Crippen LogP) is 15.5. The van der Waals surface area contributed by atoms with Gasteiger partial charge in [0.05, 0.1) is 5.60 Å². The van der Waals surface area contributed by atoms with Crippen LogP contribution in [0.5, 0.6) is 17.2 Å². The molecule has 0 aromatic heterocycles. The lowest BCUT2D eigenvalue weighted by molar-refractivity contribution is -0.131. The van der Waals surface area contributed by atoms with Crippen molar-refractivity contribution >= 4 is 12.1 Å². The Bertz CT molecular complexity index is 2000. The van der Waals surface area contributed by atoms with E-state index in [1.807, 2.05) is 20.8 Å². The van der Waals surface area contributed by atoms with Gasteiger partial charge >= 0.3 is 12.1 Å². The number of carbonyl (C=O) groups is 2. The topological polar surface area (TPSA) is 80.3 Å². The second-order valence-corrected chi connectivity index (χ2v) is 21.1. The van der Waals surface area contributed by atoms with E-state index in [0.717, 1.165) is 67.4 Å². The second kappa shape index (κ2) is 20.8. The van der Waals surface area contributed by atoms with Crippen LogP contribution in [-0.4, -0.2) is 30.1 Å². The van der Waals surface area contributed by atoms with Gasteiger partial charge in [0.2, 0.25) is 0 Å². The molecular weight excluding hydrogens is 773 g/mol. The van der Waals surface area contributed by atoms with Crippen LogP contribution in [0.3, 0.4) is 0 Å². The molecule has 3 saturated carbocycles. The number of aryl methyl sites for hydroxylation is 3. The fourth-order valence-electron chi connectivity index (χ4n) is 10.6. The van der Waals surface area contributed by atoms with Crippen LogP contribution in [0.4, 0.5) is 4.79 Å². The Morgan fingerprint density at radius 2 is 0.968 bits per heavy atom. The minimum Gasteiger partial charge on any atom is -0.467 e. The molecular formula is C55H78O7. The molecule has 0 radical (unpaired) electrons. The first kappa shape index (κ1) is 47.6. The number of benzene rings is 3. The summed E-state index contributed by atoms with van der Waals surface area (Å²) in [5, 5.41) is 0. The van der Waals surface area contributed by atoms with Gasteiger partial charge in [0.15, 0.2) is 6.79 Å². The predicted molar refractivity (Wildman–Crippen MR) is 250 cm³/mol. The first-order valence-corrected chi connectivity index (χ1v) is 24.2. The average molecular weight is 851 g/mol. The van der Waals surface area contributed by atoms with Gasteiger partial charge in [0, 0.05) is 12.8 Å². The highest BCUT2D eigenvalue weighted by molar-refractivity contribution is 5.70. The Kier molecular flexibility index (Phi) is 16.0. The summed E-state index contributed by atoms with van der Waals surface area (Å²) in [6.45, 7) is 22.5. The van der Waals surface area contributed by atoms with Crippen molar-refractivity contribution in [3.8, 4) is 17.2 Å². The fraction of sp³-hybridized carbons (Fsp3) is 0.636. The van der Waals surface area contributed by atoms with Gasteiger partial charge in [-0.3, -0.25) is 4.79 Å². The Hall–Kier alpha value is -3.84. The van der Waals surface area contributed by atoms with Crippen LogP contribution in [0, 0.1) is 20.8 Å². The van der Waals surface area contributed by atoms with E-state index >= 15 is 0 Å². The summed E-state index contributed by atoms with van der Waals surface area (Å²) in [4.78, 5) is 25.7. The van der Waals surface area contributed by atoms with Crippen LogP contribution in [-0.2, 0) is 14.3 Å². The lowest BCUT2D eigenvalue weighted by atomic mass is 9.74. The summed E-state index contributed by atoms with van der Waals surface area (Å²) in [6.07, 6.45) is 17.8. The van der Waals surface area contributed by atoms with E-state index in [1.165, 1.54) is 98.1 Å². The van der Waals surface area contributed by atoms with Crippen molar-refractivity contribution in [1.29, 1.82) is 0 Å². The Morgan fingerprint density at radius 1 is 0.565 bits per heavy atom. The van der Waals surface area contributed by atoms with Gasteiger partial charge in [0.1, 0.15) is 22.8 Å². The molecule has 7 nitrogen and oxygen atoms in total. The van der Waals surface area contributed by atoms with Crippen molar-refractivity contribution in [3.05, 3.63) is 86.5 Å². The lowest BCUT2D eigenvalue weighted by Gasteiger charge is -2.32. The molecule has 0 amide bonds. The molecule has 3 aromatic carbocycles. The molecule has 0 N–H and O–H groups in total. The van der Waals surface area contributed by atoms with Crippen LogP contribution in [0.2, 0.25) is 0 Å². The van der Waals surface area contributed by atoms with Crippen LogP contribution < -0.4 is 14.2 Å². The smallest absolute Gasteiger partial charge is 0.467 e. The quantitative estimate of drug-likeness (QED) is 0.0733. The fourth-order valence-corrected chi connectivity index (χ4v) is 10.6. The van der Waals surface area contributed by atoms with Crippen LogP contribution in [0.1, 0.15) is 238 Å². The third-order valence-electron chi connectivity index (χ3n) is 13.7. The van der Waals surface area contributed by atoms with E-state index in [4.69, 9.17) is 23.7 Å². The maximum Gasteiger partial charge on any atom is 0.514 e. The summed E-state index contributed by atoms with van der Waals surface area (Å²) < 4.78 is 30.4. The van der Waals surface area contributed by atoms with E-state index < -0.39 is 11.8 Å². The van der Waals surface area contributed by atoms with Gasteiger partial charge in [-0.05, 0) is 199 Å². The molecule has 3 aliphatic carbocycles. The zero-order valence-corrected chi connectivity index (χ0v) is 40.2. The number of hydrogen-bond donors (Lipinski definition) is 0. The highest BCUT2D eigenvalue weighted by atomic mass is 16.7. The Labute approximate surface area is 374 Å². The van der Waals surface area contributed by atoms with Crippen molar-refractivity contribution < 1.29 is 33.3 Å². The summed E-state index contributed by atoms with van der Waals surface area (Å²) in [7, 11) is 0. The average Bonchev–Trinajstić information content (AvgIpc) is 3.20. The third kappa shape index (κ3) is 12.7. The van der Waals surface area contributed by atoms with Gasteiger partial charge in [-0.25, -0.2) is 4.79 Å². The van der Waals surface area contributed by atoms with Crippen LogP contribution in [0.15, 0.2) is 36.4 Å². The first-order valence-electron chi connectivity index (χ1n) is 24.2. The molecule has 3 fully saturated rings. The molecule has 0 bridgehead atoms. The largest absolute Gasteiger partial charge is 0.514 e. The maximum atomic E-state index is 13.1. The molecule has 0 spiro atoms. The van der Waals surface area contributed by atoms with E-state index in [2.05, 4.69) is 84.9 Å². The van der Waals surface area contributed by atoms with Gasteiger partial charge in [0.25, 0.3) is 0 Å². The van der Waals surface area contributed by atoms with Crippen molar-refractivity contribution in [1.82, 2.24) is 0 Å². The Morgan fingerprint density at radius 3 is 1.40 bits per heavy atom. The summed E-state index contributed by atoms with van der Waals surface area (Å²) in [5.41, 5.74) is 10.00.